The van der Waals surface area contributed by atoms with Gasteiger partial charge in [-0.1, -0.05) is 29.8 Å². The summed E-state index contributed by atoms with van der Waals surface area (Å²) in [7, 11) is 0. The number of nitrogens with one attached hydrogen (secondary N) is 1. The Morgan fingerprint density at radius 1 is 1.14 bits per heavy atom. The topological polar surface area (TPSA) is 79.3 Å². The summed E-state index contributed by atoms with van der Waals surface area (Å²) in [6.45, 7) is 1.82. The van der Waals surface area contributed by atoms with Gasteiger partial charge >= 0.3 is 5.97 Å². The van der Waals surface area contributed by atoms with Crippen molar-refractivity contribution in [2.24, 2.45) is 0 Å². The third-order valence-corrected chi connectivity index (χ3v) is 3.17. The fourth-order valence-electron chi connectivity index (χ4n) is 1.79. The summed E-state index contributed by atoms with van der Waals surface area (Å²) < 4.78 is 0. The molecule has 1 atom stereocenters. The zero-order valence-corrected chi connectivity index (χ0v) is 12.0. The van der Waals surface area contributed by atoms with Crippen LogP contribution in [0.25, 0.3) is 0 Å². The number of hydrogen-bond donors (Lipinski definition) is 2. The van der Waals surface area contributed by atoms with Crippen LogP contribution >= 0.6 is 11.6 Å². The summed E-state index contributed by atoms with van der Waals surface area (Å²) >= 11 is 5.81. The molecule has 0 aliphatic carbocycles. The minimum absolute atomic E-state index is 0.0655. The third-order valence-electron chi connectivity index (χ3n) is 2.92. The number of nitrogens with zero attached hydrogens (tertiary/aromatic N) is 1. The van der Waals surface area contributed by atoms with Crippen LogP contribution in [0.15, 0.2) is 42.5 Å². The molecule has 1 heterocycles. The van der Waals surface area contributed by atoms with E-state index in [1.54, 1.807) is 12.1 Å². The number of carbonyl (C=O) groups excluding carboxylic acids is 1. The van der Waals surface area contributed by atoms with Crippen LogP contribution in [-0.4, -0.2) is 22.0 Å². The van der Waals surface area contributed by atoms with Crippen molar-refractivity contribution in [1.29, 1.82) is 0 Å². The Kier molecular flexibility index (Phi) is 4.55. The lowest BCUT2D eigenvalue weighted by molar-refractivity contribution is 0.0690. The summed E-state index contributed by atoms with van der Waals surface area (Å²) in [6.07, 6.45) is 0. The van der Waals surface area contributed by atoms with Gasteiger partial charge in [-0.25, -0.2) is 9.78 Å². The summed E-state index contributed by atoms with van der Waals surface area (Å²) in [5.41, 5.74) is 0.791. The molecule has 1 aromatic carbocycles. The SMILES string of the molecule is CC(NC(=O)c1cccc(C(=O)O)n1)c1ccc(Cl)cc1. The van der Waals surface area contributed by atoms with Gasteiger partial charge in [-0.05, 0) is 36.8 Å². The first-order chi connectivity index (χ1) is 9.97. The largest absolute Gasteiger partial charge is 0.477 e. The highest BCUT2D eigenvalue weighted by atomic mass is 35.5. The fraction of sp³-hybridized carbons (Fsp3) is 0.133. The Labute approximate surface area is 126 Å². The lowest BCUT2D eigenvalue weighted by atomic mass is 10.1. The second-order valence-electron chi connectivity index (χ2n) is 4.46. The molecule has 0 saturated heterocycles. The first kappa shape index (κ1) is 15.0. The number of carbonyl (C=O) groups is 2. The van der Waals surface area contributed by atoms with Crippen LogP contribution in [0, 0.1) is 0 Å². The van der Waals surface area contributed by atoms with E-state index < -0.39 is 11.9 Å². The fourth-order valence-corrected chi connectivity index (χ4v) is 1.91. The summed E-state index contributed by atoms with van der Waals surface area (Å²) in [6, 6.07) is 11.1. The molecule has 0 spiro atoms. The quantitative estimate of drug-likeness (QED) is 0.910. The van der Waals surface area contributed by atoms with E-state index in [2.05, 4.69) is 10.3 Å². The average molecular weight is 305 g/mol. The molecule has 0 saturated carbocycles. The van der Waals surface area contributed by atoms with Crippen LogP contribution in [0.2, 0.25) is 5.02 Å². The average Bonchev–Trinajstić information content (AvgIpc) is 2.48. The van der Waals surface area contributed by atoms with Gasteiger partial charge < -0.3 is 10.4 Å². The van der Waals surface area contributed by atoms with Gasteiger partial charge in [-0.2, -0.15) is 0 Å². The van der Waals surface area contributed by atoms with Crippen molar-refractivity contribution in [3.8, 4) is 0 Å². The van der Waals surface area contributed by atoms with Gasteiger partial charge in [0.2, 0.25) is 0 Å². The molecular weight excluding hydrogens is 292 g/mol. The number of carboxylic acids is 1. The summed E-state index contributed by atoms with van der Waals surface area (Å²) in [5, 5.41) is 12.2. The lowest BCUT2D eigenvalue weighted by Gasteiger charge is -2.14. The first-order valence-corrected chi connectivity index (χ1v) is 6.62. The zero-order chi connectivity index (χ0) is 15.4. The number of amides is 1. The number of aromatic carboxylic acids is 1. The van der Waals surface area contributed by atoms with Gasteiger partial charge in [0.25, 0.3) is 5.91 Å². The second-order valence-corrected chi connectivity index (χ2v) is 4.90. The Balaban J connectivity index is 2.12. The standard InChI is InChI=1S/C15H13ClN2O3/c1-9(10-5-7-11(16)8-6-10)17-14(19)12-3-2-4-13(18-12)15(20)21/h2-9H,1H3,(H,17,19)(H,20,21). The Morgan fingerprint density at radius 2 is 1.76 bits per heavy atom. The number of rotatable bonds is 4. The molecule has 6 heteroatoms. The van der Waals surface area contributed by atoms with Crippen LogP contribution in [0.5, 0.6) is 0 Å². The van der Waals surface area contributed by atoms with Crippen LogP contribution in [0.3, 0.4) is 0 Å². The van der Waals surface area contributed by atoms with Crippen LogP contribution < -0.4 is 5.32 Å². The van der Waals surface area contributed by atoms with Crippen LogP contribution in [-0.2, 0) is 0 Å². The van der Waals surface area contributed by atoms with E-state index >= 15 is 0 Å². The maximum atomic E-state index is 12.1. The van der Waals surface area contributed by atoms with Crippen molar-refractivity contribution in [3.05, 3.63) is 64.4 Å². The van der Waals surface area contributed by atoms with Gasteiger partial charge in [0, 0.05) is 5.02 Å². The zero-order valence-electron chi connectivity index (χ0n) is 11.2. The number of pyridine rings is 1. The molecule has 0 radical (unpaired) electrons. The Hall–Kier alpha value is -2.40. The highest BCUT2D eigenvalue weighted by Crippen LogP contribution is 2.16. The van der Waals surface area contributed by atoms with Crippen molar-refractivity contribution < 1.29 is 14.7 Å². The van der Waals surface area contributed by atoms with Crippen molar-refractivity contribution in [3.63, 3.8) is 0 Å². The maximum Gasteiger partial charge on any atom is 0.354 e. The van der Waals surface area contributed by atoms with Crippen molar-refractivity contribution >= 4 is 23.5 Å². The molecule has 1 unspecified atom stereocenters. The van der Waals surface area contributed by atoms with E-state index in [4.69, 9.17) is 16.7 Å². The van der Waals surface area contributed by atoms with E-state index in [1.165, 1.54) is 18.2 Å². The summed E-state index contributed by atoms with van der Waals surface area (Å²) in [4.78, 5) is 26.7. The van der Waals surface area contributed by atoms with Crippen molar-refractivity contribution in [2.75, 3.05) is 0 Å². The smallest absolute Gasteiger partial charge is 0.354 e. The van der Waals surface area contributed by atoms with Crippen molar-refractivity contribution in [2.45, 2.75) is 13.0 Å². The number of aromatic nitrogens is 1. The predicted molar refractivity (Wildman–Crippen MR) is 78.5 cm³/mol. The molecule has 2 aromatic rings. The number of benzene rings is 1. The molecule has 0 aliphatic heterocycles. The molecule has 0 fully saturated rings. The van der Waals surface area contributed by atoms with E-state index in [-0.39, 0.29) is 17.4 Å². The molecule has 1 aromatic heterocycles. The highest BCUT2D eigenvalue weighted by molar-refractivity contribution is 6.30. The Morgan fingerprint density at radius 3 is 2.38 bits per heavy atom. The van der Waals surface area contributed by atoms with Crippen molar-refractivity contribution in [1.82, 2.24) is 10.3 Å². The molecule has 108 valence electrons. The van der Waals surface area contributed by atoms with E-state index in [9.17, 15) is 9.59 Å². The molecule has 21 heavy (non-hydrogen) atoms. The highest BCUT2D eigenvalue weighted by Gasteiger charge is 2.14. The summed E-state index contributed by atoms with van der Waals surface area (Å²) in [5.74, 6) is -1.60. The molecule has 1 amide bonds. The minimum Gasteiger partial charge on any atom is -0.477 e. The molecule has 0 bridgehead atoms. The van der Waals surface area contributed by atoms with Crippen LogP contribution in [0.4, 0.5) is 0 Å². The van der Waals surface area contributed by atoms with E-state index in [0.29, 0.717) is 5.02 Å². The van der Waals surface area contributed by atoms with Gasteiger partial charge in [0.15, 0.2) is 0 Å². The second kappa shape index (κ2) is 6.37. The lowest BCUT2D eigenvalue weighted by Crippen LogP contribution is -2.27. The van der Waals surface area contributed by atoms with Gasteiger partial charge in [0.1, 0.15) is 11.4 Å². The van der Waals surface area contributed by atoms with Gasteiger partial charge in [-0.15, -0.1) is 0 Å². The molecule has 0 aliphatic rings. The number of hydrogen-bond acceptors (Lipinski definition) is 3. The first-order valence-electron chi connectivity index (χ1n) is 6.24. The Bertz CT molecular complexity index is 671. The molecule has 5 nitrogen and oxygen atoms in total. The van der Waals surface area contributed by atoms with Gasteiger partial charge in [0.05, 0.1) is 6.04 Å². The van der Waals surface area contributed by atoms with E-state index in [1.807, 2.05) is 19.1 Å². The van der Waals surface area contributed by atoms with Gasteiger partial charge in [-0.3, -0.25) is 4.79 Å². The third kappa shape index (κ3) is 3.79. The molecular formula is C15H13ClN2O3. The van der Waals surface area contributed by atoms with Crippen LogP contribution in [0.1, 0.15) is 39.5 Å². The number of halogens is 1. The normalized spacial score (nSPS) is 11.7. The number of carboxylic acid groups (broad SMARTS) is 1. The van der Waals surface area contributed by atoms with E-state index in [0.717, 1.165) is 5.56 Å². The maximum absolute atomic E-state index is 12.1. The monoisotopic (exact) mass is 304 g/mol. The minimum atomic E-state index is -1.17. The molecule has 2 rings (SSSR count). The predicted octanol–water partition coefficient (Wildman–Crippen LogP) is 2.92. The molecule has 2 N–H and O–H groups in total.